The highest BCUT2D eigenvalue weighted by molar-refractivity contribution is 4.92. The summed E-state index contributed by atoms with van der Waals surface area (Å²) in [5.74, 6) is 0. The van der Waals surface area contributed by atoms with E-state index < -0.39 is 0 Å². The van der Waals surface area contributed by atoms with Gasteiger partial charge in [-0.1, -0.05) is 20.8 Å². The Morgan fingerprint density at radius 2 is 2.12 bits per heavy atom. The normalized spacial score (nSPS) is 32.5. The standard InChI is InChI=1S/C14H28N2O/c1-14(2,3)13(15-4)10-16-8-9-17-12-7-5-6-11(12)16/h11-13,15H,5-10H2,1-4H3. The molecule has 1 heterocycles. The van der Waals surface area contributed by atoms with Gasteiger partial charge in [-0.05, 0) is 31.7 Å². The summed E-state index contributed by atoms with van der Waals surface area (Å²) in [5, 5.41) is 3.49. The monoisotopic (exact) mass is 240 g/mol. The van der Waals surface area contributed by atoms with Crippen molar-refractivity contribution in [3.63, 3.8) is 0 Å². The van der Waals surface area contributed by atoms with E-state index in [2.05, 4.69) is 38.0 Å². The van der Waals surface area contributed by atoms with Crippen molar-refractivity contribution in [3.05, 3.63) is 0 Å². The van der Waals surface area contributed by atoms with Crippen molar-refractivity contribution in [3.8, 4) is 0 Å². The molecule has 1 saturated carbocycles. The lowest BCUT2D eigenvalue weighted by Gasteiger charge is -2.42. The number of likely N-dealkylation sites (N-methyl/N-ethyl adjacent to an activating group) is 1. The summed E-state index contributed by atoms with van der Waals surface area (Å²) in [7, 11) is 2.09. The van der Waals surface area contributed by atoms with E-state index >= 15 is 0 Å². The molecular weight excluding hydrogens is 212 g/mol. The fraction of sp³-hybridized carbons (Fsp3) is 1.00. The maximum atomic E-state index is 5.87. The molecule has 0 bridgehead atoms. The van der Waals surface area contributed by atoms with E-state index in [0.29, 0.717) is 23.6 Å². The van der Waals surface area contributed by atoms with Gasteiger partial charge >= 0.3 is 0 Å². The summed E-state index contributed by atoms with van der Waals surface area (Å²) >= 11 is 0. The van der Waals surface area contributed by atoms with E-state index in [1.807, 2.05) is 0 Å². The molecule has 100 valence electrons. The maximum Gasteiger partial charge on any atom is 0.0730 e. The highest BCUT2D eigenvalue weighted by Crippen LogP contribution is 2.31. The molecule has 0 aromatic carbocycles. The Kier molecular flexibility index (Phi) is 4.11. The molecule has 17 heavy (non-hydrogen) atoms. The number of fused-ring (bicyclic) bond motifs is 1. The Morgan fingerprint density at radius 3 is 2.76 bits per heavy atom. The van der Waals surface area contributed by atoms with Crippen molar-refractivity contribution in [2.45, 2.75) is 58.2 Å². The predicted molar refractivity (Wildman–Crippen MR) is 71.3 cm³/mol. The van der Waals surface area contributed by atoms with Crippen molar-refractivity contribution in [1.29, 1.82) is 0 Å². The zero-order chi connectivity index (χ0) is 12.5. The van der Waals surface area contributed by atoms with Crippen LogP contribution in [0.25, 0.3) is 0 Å². The van der Waals surface area contributed by atoms with Gasteiger partial charge in [-0.25, -0.2) is 0 Å². The van der Waals surface area contributed by atoms with Crippen LogP contribution in [0.3, 0.4) is 0 Å². The van der Waals surface area contributed by atoms with Crippen molar-refractivity contribution in [1.82, 2.24) is 10.2 Å². The molecule has 3 nitrogen and oxygen atoms in total. The van der Waals surface area contributed by atoms with Crippen molar-refractivity contribution in [2.24, 2.45) is 5.41 Å². The van der Waals surface area contributed by atoms with E-state index in [-0.39, 0.29) is 0 Å². The number of nitrogens with zero attached hydrogens (tertiary/aromatic N) is 1. The molecule has 1 aliphatic heterocycles. The number of nitrogens with one attached hydrogen (secondary N) is 1. The fourth-order valence-corrected chi connectivity index (χ4v) is 3.27. The van der Waals surface area contributed by atoms with Gasteiger partial charge in [0.05, 0.1) is 12.7 Å². The van der Waals surface area contributed by atoms with Crippen LogP contribution in [0.5, 0.6) is 0 Å². The second-order valence-electron chi connectivity index (χ2n) is 6.61. The van der Waals surface area contributed by atoms with Crippen LogP contribution in [0.15, 0.2) is 0 Å². The van der Waals surface area contributed by atoms with Crippen molar-refractivity contribution < 1.29 is 4.74 Å². The first-order chi connectivity index (χ1) is 8.02. The van der Waals surface area contributed by atoms with Crippen molar-refractivity contribution >= 4 is 0 Å². The summed E-state index contributed by atoms with van der Waals surface area (Å²) < 4.78 is 5.87. The van der Waals surface area contributed by atoms with Gasteiger partial charge in [0.1, 0.15) is 0 Å². The van der Waals surface area contributed by atoms with Gasteiger partial charge in [0.15, 0.2) is 0 Å². The zero-order valence-electron chi connectivity index (χ0n) is 11.8. The quantitative estimate of drug-likeness (QED) is 0.815. The largest absolute Gasteiger partial charge is 0.375 e. The Morgan fingerprint density at radius 1 is 1.35 bits per heavy atom. The lowest BCUT2D eigenvalue weighted by molar-refractivity contribution is -0.0614. The molecule has 1 saturated heterocycles. The summed E-state index contributed by atoms with van der Waals surface area (Å²) in [5.41, 5.74) is 0.321. The van der Waals surface area contributed by atoms with Gasteiger partial charge < -0.3 is 10.1 Å². The third-order valence-corrected chi connectivity index (χ3v) is 4.41. The van der Waals surface area contributed by atoms with Crippen LogP contribution < -0.4 is 5.32 Å². The molecule has 3 unspecified atom stereocenters. The lowest BCUT2D eigenvalue weighted by atomic mass is 9.86. The van der Waals surface area contributed by atoms with E-state index in [1.165, 1.54) is 19.3 Å². The first-order valence-corrected chi connectivity index (χ1v) is 7.05. The predicted octanol–water partition coefficient (Wildman–Crippen LogP) is 1.87. The molecule has 3 atom stereocenters. The van der Waals surface area contributed by atoms with Crippen LogP contribution in [-0.2, 0) is 4.74 Å². The summed E-state index contributed by atoms with van der Waals surface area (Å²) in [4.78, 5) is 2.66. The first-order valence-electron chi connectivity index (χ1n) is 7.05. The van der Waals surface area contributed by atoms with E-state index in [1.54, 1.807) is 0 Å². The van der Waals surface area contributed by atoms with Crippen LogP contribution in [0.4, 0.5) is 0 Å². The molecule has 1 N–H and O–H groups in total. The Hall–Kier alpha value is -0.120. The minimum absolute atomic E-state index is 0.321. The zero-order valence-corrected chi connectivity index (χ0v) is 11.8. The molecule has 0 radical (unpaired) electrons. The van der Waals surface area contributed by atoms with Gasteiger partial charge in [-0.15, -0.1) is 0 Å². The van der Waals surface area contributed by atoms with Crippen molar-refractivity contribution in [2.75, 3.05) is 26.7 Å². The van der Waals surface area contributed by atoms with E-state index in [4.69, 9.17) is 4.74 Å². The van der Waals surface area contributed by atoms with Gasteiger partial charge in [0, 0.05) is 25.2 Å². The van der Waals surface area contributed by atoms with Crippen LogP contribution in [0, 0.1) is 5.41 Å². The fourth-order valence-electron chi connectivity index (χ4n) is 3.27. The Bertz CT molecular complexity index is 249. The number of hydrogen-bond acceptors (Lipinski definition) is 3. The average molecular weight is 240 g/mol. The molecule has 2 aliphatic rings. The summed E-state index contributed by atoms with van der Waals surface area (Å²) in [6.45, 7) is 10.1. The van der Waals surface area contributed by atoms with Crippen LogP contribution in [0.1, 0.15) is 40.0 Å². The summed E-state index contributed by atoms with van der Waals surface area (Å²) in [6.07, 6.45) is 4.44. The topological polar surface area (TPSA) is 24.5 Å². The molecule has 2 rings (SSSR count). The van der Waals surface area contributed by atoms with Crippen LogP contribution in [0.2, 0.25) is 0 Å². The average Bonchev–Trinajstić information content (AvgIpc) is 2.72. The van der Waals surface area contributed by atoms with Gasteiger partial charge in [0.25, 0.3) is 0 Å². The molecule has 0 aromatic rings. The highest BCUT2D eigenvalue weighted by Gasteiger charge is 2.37. The molecular formula is C14H28N2O. The molecule has 0 amide bonds. The molecule has 3 heteroatoms. The second kappa shape index (κ2) is 5.25. The van der Waals surface area contributed by atoms with Gasteiger partial charge in [-0.2, -0.15) is 0 Å². The van der Waals surface area contributed by atoms with E-state index in [0.717, 1.165) is 19.7 Å². The lowest BCUT2D eigenvalue weighted by Crippen LogP contribution is -2.55. The SMILES string of the molecule is CNC(CN1CCOC2CCCC21)C(C)(C)C. The van der Waals surface area contributed by atoms with Crippen LogP contribution >= 0.6 is 0 Å². The second-order valence-corrected chi connectivity index (χ2v) is 6.61. The number of ether oxygens (including phenoxy) is 1. The minimum atomic E-state index is 0.321. The van der Waals surface area contributed by atoms with Gasteiger partial charge in [-0.3, -0.25) is 4.90 Å². The third-order valence-electron chi connectivity index (χ3n) is 4.41. The molecule has 0 spiro atoms. The van der Waals surface area contributed by atoms with Crippen LogP contribution in [-0.4, -0.2) is 49.8 Å². The molecule has 0 aromatic heterocycles. The maximum absolute atomic E-state index is 5.87. The minimum Gasteiger partial charge on any atom is -0.375 e. The Labute approximate surface area is 106 Å². The number of rotatable bonds is 3. The highest BCUT2D eigenvalue weighted by atomic mass is 16.5. The first kappa shape index (κ1) is 13.3. The smallest absolute Gasteiger partial charge is 0.0730 e. The van der Waals surface area contributed by atoms with Gasteiger partial charge in [0.2, 0.25) is 0 Å². The molecule has 2 fully saturated rings. The number of hydrogen-bond donors (Lipinski definition) is 1. The number of morpholine rings is 1. The summed E-state index contributed by atoms with van der Waals surface area (Å²) in [6, 6.07) is 1.24. The molecule has 1 aliphatic carbocycles. The third kappa shape index (κ3) is 3.01. The van der Waals surface area contributed by atoms with E-state index in [9.17, 15) is 0 Å². The Balaban J connectivity index is 1.97.